The second-order valence-corrected chi connectivity index (χ2v) is 8.86. The molecule has 0 unspecified atom stereocenters. The number of carbonyl (C=O) groups is 1. The van der Waals surface area contributed by atoms with E-state index >= 15 is 0 Å². The minimum atomic E-state index is -4.71. The molecule has 1 heterocycles. The molecule has 0 aliphatic heterocycles. The van der Waals surface area contributed by atoms with Crippen LogP contribution in [0.4, 0.5) is 32.0 Å². The SMILES string of the molecule is O=C(Nc1cc(Br)cc(C(F)(F)F)c1)c1ccc(-c2cc(C(F)(F)F)nn2-c2ccccc2Cl)cc1.[HH]. The van der Waals surface area contributed by atoms with Crippen molar-refractivity contribution >= 4 is 39.1 Å². The molecular formula is C24H15BrClF6N3O. The van der Waals surface area contributed by atoms with E-state index in [1.807, 2.05) is 0 Å². The Hall–Kier alpha value is -3.31. The molecule has 0 aliphatic carbocycles. The Kier molecular flexibility index (Phi) is 6.89. The van der Waals surface area contributed by atoms with Crippen molar-refractivity contribution in [1.82, 2.24) is 9.78 Å². The largest absolute Gasteiger partial charge is 0.435 e. The highest BCUT2D eigenvalue weighted by molar-refractivity contribution is 9.10. The number of para-hydroxylation sites is 1. The predicted octanol–water partition coefficient (Wildman–Crippen LogP) is 8.49. The lowest BCUT2D eigenvalue weighted by Gasteiger charge is -2.12. The second-order valence-electron chi connectivity index (χ2n) is 7.53. The molecule has 0 atom stereocenters. The summed E-state index contributed by atoms with van der Waals surface area (Å²) in [5.74, 6) is -0.705. The zero-order chi connectivity index (χ0) is 26.3. The van der Waals surface area contributed by atoms with Gasteiger partial charge in [0, 0.05) is 22.7 Å². The first-order chi connectivity index (χ1) is 16.8. The van der Waals surface area contributed by atoms with Gasteiger partial charge in [-0.3, -0.25) is 4.79 Å². The van der Waals surface area contributed by atoms with Gasteiger partial charge in [-0.05, 0) is 48.5 Å². The van der Waals surface area contributed by atoms with E-state index < -0.39 is 29.5 Å². The zero-order valence-electron chi connectivity index (χ0n) is 17.8. The summed E-state index contributed by atoms with van der Waals surface area (Å²) in [6.07, 6.45) is -9.31. The van der Waals surface area contributed by atoms with E-state index in [1.165, 1.54) is 42.5 Å². The molecule has 1 N–H and O–H groups in total. The number of carbonyl (C=O) groups excluding carboxylic acids is 1. The molecule has 0 spiro atoms. The van der Waals surface area contributed by atoms with Crippen molar-refractivity contribution in [2.24, 2.45) is 0 Å². The van der Waals surface area contributed by atoms with Crippen LogP contribution in [-0.4, -0.2) is 15.7 Å². The average molecular weight is 591 g/mol. The van der Waals surface area contributed by atoms with Crippen LogP contribution in [0.2, 0.25) is 5.02 Å². The molecule has 4 rings (SSSR count). The monoisotopic (exact) mass is 589 g/mol. The van der Waals surface area contributed by atoms with E-state index in [9.17, 15) is 31.1 Å². The molecule has 4 nitrogen and oxygen atoms in total. The number of rotatable bonds is 4. The van der Waals surface area contributed by atoms with E-state index in [1.54, 1.807) is 12.1 Å². The third-order valence-corrected chi connectivity index (χ3v) is 5.78. The molecule has 188 valence electrons. The van der Waals surface area contributed by atoms with Crippen molar-refractivity contribution in [3.63, 3.8) is 0 Å². The van der Waals surface area contributed by atoms with Crippen LogP contribution in [0.1, 0.15) is 23.0 Å². The fourth-order valence-electron chi connectivity index (χ4n) is 3.35. The summed E-state index contributed by atoms with van der Waals surface area (Å²) >= 11 is 9.15. The van der Waals surface area contributed by atoms with E-state index in [-0.39, 0.29) is 33.6 Å². The van der Waals surface area contributed by atoms with Crippen LogP contribution < -0.4 is 5.32 Å². The first kappa shape index (κ1) is 25.8. The Balaban J connectivity index is 0.00000380. The minimum Gasteiger partial charge on any atom is -0.322 e. The van der Waals surface area contributed by atoms with E-state index in [2.05, 4.69) is 26.3 Å². The molecule has 3 aromatic carbocycles. The lowest BCUT2D eigenvalue weighted by Crippen LogP contribution is -2.13. The van der Waals surface area contributed by atoms with Crippen molar-refractivity contribution in [2.75, 3.05) is 5.32 Å². The average Bonchev–Trinajstić information content (AvgIpc) is 3.24. The Labute approximate surface area is 215 Å². The first-order valence-corrected chi connectivity index (χ1v) is 11.2. The zero-order valence-corrected chi connectivity index (χ0v) is 20.1. The number of anilines is 1. The van der Waals surface area contributed by atoms with Crippen molar-refractivity contribution in [1.29, 1.82) is 0 Å². The van der Waals surface area contributed by atoms with Gasteiger partial charge in [-0.15, -0.1) is 0 Å². The molecule has 12 heteroatoms. The Bertz CT molecular complexity index is 1440. The van der Waals surface area contributed by atoms with Gasteiger partial charge < -0.3 is 5.32 Å². The molecule has 0 aliphatic rings. The lowest BCUT2D eigenvalue weighted by atomic mass is 10.1. The summed E-state index contributed by atoms with van der Waals surface area (Å²) in [7, 11) is 0. The number of hydrogen-bond acceptors (Lipinski definition) is 2. The summed E-state index contributed by atoms with van der Waals surface area (Å²) in [5, 5.41) is 6.24. The molecule has 36 heavy (non-hydrogen) atoms. The van der Waals surface area contributed by atoms with Gasteiger partial charge in [0.15, 0.2) is 5.69 Å². The predicted molar refractivity (Wildman–Crippen MR) is 128 cm³/mol. The van der Waals surface area contributed by atoms with E-state index in [0.717, 1.165) is 22.9 Å². The van der Waals surface area contributed by atoms with E-state index in [0.29, 0.717) is 5.56 Å². The number of hydrogen-bond donors (Lipinski definition) is 1. The van der Waals surface area contributed by atoms with Gasteiger partial charge in [0.2, 0.25) is 0 Å². The van der Waals surface area contributed by atoms with Gasteiger partial charge in [-0.2, -0.15) is 31.4 Å². The maximum absolute atomic E-state index is 13.4. The number of benzene rings is 3. The van der Waals surface area contributed by atoms with Crippen LogP contribution in [0.5, 0.6) is 0 Å². The normalized spacial score (nSPS) is 12.0. The fraction of sp³-hybridized carbons (Fsp3) is 0.0833. The standard InChI is InChI=1S/C24H13BrClF6N3O.H2/c25-16-9-15(23(27,28)29)10-17(11-16)33-22(36)14-7-5-13(6-8-14)20-12-21(24(30,31)32)34-35(20)19-4-2-1-3-18(19)26;/h1-12H,(H,33,36);1H. The second kappa shape index (κ2) is 9.62. The lowest BCUT2D eigenvalue weighted by molar-refractivity contribution is -0.141. The van der Waals surface area contributed by atoms with Crippen molar-refractivity contribution in [2.45, 2.75) is 12.4 Å². The molecule has 0 fully saturated rings. The van der Waals surface area contributed by atoms with Gasteiger partial charge >= 0.3 is 12.4 Å². The molecule has 0 radical (unpaired) electrons. The number of nitrogens with one attached hydrogen (secondary N) is 1. The third-order valence-electron chi connectivity index (χ3n) is 5.01. The van der Waals surface area contributed by atoms with Crippen LogP contribution in [0.15, 0.2) is 77.3 Å². The maximum atomic E-state index is 13.4. The van der Waals surface area contributed by atoms with Crippen molar-refractivity contribution in [3.05, 3.63) is 99.1 Å². The number of aromatic nitrogens is 2. The summed E-state index contributed by atoms with van der Waals surface area (Å²) in [6.45, 7) is 0. The summed E-state index contributed by atoms with van der Waals surface area (Å²) < 4.78 is 80.5. The van der Waals surface area contributed by atoms with E-state index in [4.69, 9.17) is 11.6 Å². The molecule has 0 saturated carbocycles. The molecular weight excluding hydrogens is 576 g/mol. The summed E-state index contributed by atoms with van der Waals surface area (Å²) in [5.41, 5.74) is -1.49. The van der Waals surface area contributed by atoms with Crippen LogP contribution in [0.25, 0.3) is 16.9 Å². The Morgan fingerprint density at radius 1 is 0.917 bits per heavy atom. The molecule has 4 aromatic rings. The Morgan fingerprint density at radius 3 is 2.19 bits per heavy atom. The van der Waals surface area contributed by atoms with Crippen LogP contribution in [0, 0.1) is 0 Å². The minimum absolute atomic E-state index is 0. The molecule has 1 aromatic heterocycles. The smallest absolute Gasteiger partial charge is 0.322 e. The number of nitrogens with zero attached hydrogens (tertiary/aromatic N) is 2. The van der Waals surface area contributed by atoms with Gasteiger partial charge in [0.1, 0.15) is 0 Å². The van der Waals surface area contributed by atoms with Crippen LogP contribution in [-0.2, 0) is 12.4 Å². The quantitative estimate of drug-likeness (QED) is 0.242. The van der Waals surface area contributed by atoms with Crippen molar-refractivity contribution < 1.29 is 32.6 Å². The molecule has 0 bridgehead atoms. The highest BCUT2D eigenvalue weighted by Crippen LogP contribution is 2.35. The fourth-order valence-corrected chi connectivity index (χ4v) is 4.06. The van der Waals surface area contributed by atoms with Gasteiger partial charge in [-0.25, -0.2) is 4.68 Å². The molecule has 0 saturated heterocycles. The number of amides is 1. The maximum Gasteiger partial charge on any atom is 0.435 e. The Morgan fingerprint density at radius 2 is 1.58 bits per heavy atom. The highest BCUT2D eigenvalue weighted by Gasteiger charge is 2.35. The number of alkyl halides is 6. The highest BCUT2D eigenvalue weighted by atomic mass is 79.9. The number of halogens is 8. The molecule has 1 amide bonds. The van der Waals surface area contributed by atoms with Gasteiger partial charge in [-0.1, -0.05) is 51.8 Å². The first-order valence-electron chi connectivity index (χ1n) is 10.0. The van der Waals surface area contributed by atoms with Crippen molar-refractivity contribution in [3.8, 4) is 16.9 Å². The topological polar surface area (TPSA) is 46.9 Å². The van der Waals surface area contributed by atoms with Gasteiger partial charge in [0.25, 0.3) is 5.91 Å². The van der Waals surface area contributed by atoms with Gasteiger partial charge in [0.05, 0.1) is 22.0 Å². The third kappa shape index (κ3) is 5.57. The van der Waals surface area contributed by atoms with Crippen LogP contribution in [0.3, 0.4) is 0 Å². The van der Waals surface area contributed by atoms with Crippen LogP contribution >= 0.6 is 27.5 Å². The summed E-state index contributed by atoms with van der Waals surface area (Å²) in [4.78, 5) is 12.6. The summed E-state index contributed by atoms with van der Waals surface area (Å²) in [6, 6.07) is 15.6.